The van der Waals surface area contributed by atoms with Gasteiger partial charge in [0, 0.05) is 0 Å². The van der Waals surface area contributed by atoms with E-state index in [2.05, 4.69) is 24.3 Å². The van der Waals surface area contributed by atoms with Crippen LogP contribution in [-0.4, -0.2) is 12.1 Å². The van der Waals surface area contributed by atoms with Crippen LogP contribution in [0.25, 0.3) is 16.5 Å². The molecule has 0 heterocycles. The van der Waals surface area contributed by atoms with E-state index in [0.29, 0.717) is 6.54 Å². The lowest BCUT2D eigenvalue weighted by Gasteiger charge is -2.03. The van der Waals surface area contributed by atoms with Gasteiger partial charge in [-0.05, 0) is 10.8 Å². The van der Waals surface area contributed by atoms with Gasteiger partial charge >= 0.3 is 6.18 Å². The highest BCUT2D eigenvalue weighted by atomic mass is 19.4. The van der Waals surface area contributed by atoms with Crippen molar-refractivity contribution in [3.63, 3.8) is 0 Å². The van der Waals surface area contributed by atoms with Crippen molar-refractivity contribution in [3.05, 3.63) is 53.8 Å². The number of hydrogen-bond donors (Lipinski definition) is 0. The largest absolute Gasteiger partial charge is 0.674 e. The molecule has 1 N–H and O–H groups in total. The number of hydrogen-bond acceptors (Lipinski definition) is 2. The van der Waals surface area contributed by atoms with Crippen LogP contribution in [0.5, 0.6) is 0 Å². The summed E-state index contributed by atoms with van der Waals surface area (Å²) in [6.07, 6.45) is -5.19. The fourth-order valence-corrected chi connectivity index (χ4v) is 1.35. The number of halogens is 3. The number of carbonyl (C=O) groups is 1. The Morgan fingerprint density at radius 1 is 1.11 bits per heavy atom. The van der Waals surface area contributed by atoms with Gasteiger partial charge in [-0.25, -0.2) is 0 Å². The van der Waals surface area contributed by atoms with E-state index in [0.717, 1.165) is 5.56 Å². The fourth-order valence-electron chi connectivity index (χ4n) is 1.35. The Morgan fingerprint density at radius 2 is 1.63 bits per heavy atom. The molecule has 19 heavy (non-hydrogen) atoms. The molecular formula is C13H10F3NO2-2. The van der Waals surface area contributed by atoms with E-state index in [1.165, 1.54) is 10.8 Å². The summed E-state index contributed by atoms with van der Waals surface area (Å²) in [6, 6.07) is 14.4. The van der Waals surface area contributed by atoms with E-state index in [4.69, 9.17) is 15.6 Å². The summed E-state index contributed by atoms with van der Waals surface area (Å²) in [5.41, 5.74) is 8.30. The number of nitrogens with one attached hydrogen (secondary N) is 1. The molecule has 0 aliphatic carbocycles. The molecule has 0 bridgehead atoms. The van der Waals surface area contributed by atoms with Gasteiger partial charge in [0.05, 0.1) is 0 Å². The standard InChI is InChI=1S/C11H10N.C2HF3O2/c12-8-9-5-6-10-3-1-2-4-11(10)7-9;3-2(4,5)1(6)7/h1-7,12H,8H2;(H,6,7)/q-1;/p-1. The lowest BCUT2D eigenvalue weighted by atomic mass is 10.1. The van der Waals surface area contributed by atoms with Gasteiger partial charge in [0.15, 0.2) is 0 Å². The zero-order valence-electron chi connectivity index (χ0n) is 9.70. The molecule has 2 rings (SSSR count). The van der Waals surface area contributed by atoms with Crippen molar-refractivity contribution in [2.24, 2.45) is 0 Å². The molecule has 0 aromatic heterocycles. The van der Waals surface area contributed by atoms with Crippen molar-refractivity contribution in [2.75, 3.05) is 0 Å². The van der Waals surface area contributed by atoms with Gasteiger partial charge in [0.1, 0.15) is 5.97 Å². The van der Waals surface area contributed by atoms with Crippen LogP contribution in [0.15, 0.2) is 42.5 Å². The monoisotopic (exact) mass is 269 g/mol. The van der Waals surface area contributed by atoms with Gasteiger partial charge in [-0.3, -0.25) is 0 Å². The number of rotatable bonds is 1. The first-order valence-corrected chi connectivity index (χ1v) is 5.25. The number of fused-ring (bicyclic) bond motifs is 1. The highest BCUT2D eigenvalue weighted by molar-refractivity contribution is 5.82. The number of aliphatic carboxylic acids is 1. The van der Waals surface area contributed by atoms with Gasteiger partial charge in [0.2, 0.25) is 0 Å². The number of carboxylic acid groups (broad SMARTS) is 1. The van der Waals surface area contributed by atoms with Crippen LogP contribution in [-0.2, 0) is 11.3 Å². The zero-order valence-corrected chi connectivity index (χ0v) is 9.70. The quantitative estimate of drug-likeness (QED) is 0.798. The summed E-state index contributed by atoms with van der Waals surface area (Å²) in [5.74, 6) is -3.01. The lowest BCUT2D eigenvalue weighted by Crippen LogP contribution is -2.37. The molecule has 102 valence electrons. The fraction of sp³-hybridized carbons (Fsp3) is 0.154. The first-order valence-electron chi connectivity index (χ1n) is 5.25. The van der Waals surface area contributed by atoms with Crippen LogP contribution in [0.3, 0.4) is 0 Å². The number of benzene rings is 2. The summed E-state index contributed by atoms with van der Waals surface area (Å²) in [6.45, 7) is 0.366. The first kappa shape index (κ1) is 15.0. The van der Waals surface area contributed by atoms with Gasteiger partial charge in [-0.2, -0.15) is 13.2 Å². The normalized spacial score (nSPS) is 10.7. The van der Waals surface area contributed by atoms with E-state index >= 15 is 0 Å². The summed E-state index contributed by atoms with van der Waals surface area (Å²) >= 11 is 0. The maximum Gasteiger partial charge on any atom is 0.430 e. The second-order valence-corrected chi connectivity index (χ2v) is 3.64. The van der Waals surface area contributed by atoms with Crippen LogP contribution in [0.4, 0.5) is 13.2 Å². The average molecular weight is 269 g/mol. The molecule has 2 aromatic rings. The minimum Gasteiger partial charge on any atom is -0.674 e. The molecule has 3 nitrogen and oxygen atoms in total. The predicted molar refractivity (Wildman–Crippen MR) is 63.0 cm³/mol. The maximum absolute atomic E-state index is 10.5. The molecule has 0 saturated carbocycles. The third-order valence-corrected chi connectivity index (χ3v) is 2.25. The minimum atomic E-state index is -5.19. The van der Waals surface area contributed by atoms with Gasteiger partial charge in [-0.15, -0.1) is 6.54 Å². The molecule has 0 amide bonds. The zero-order chi connectivity index (χ0) is 14.5. The topological polar surface area (TPSA) is 63.9 Å². The predicted octanol–water partition coefficient (Wildman–Crippen LogP) is 2.69. The summed E-state index contributed by atoms with van der Waals surface area (Å²) in [7, 11) is 0. The Hall–Kier alpha value is -2.08. The van der Waals surface area contributed by atoms with Crippen LogP contribution in [0, 0.1) is 0 Å². The SMILES string of the molecule is O=C([O-])C(F)(F)F.[NH-]Cc1ccc2ccccc2c1. The molecule has 0 spiro atoms. The molecule has 6 heteroatoms. The number of carboxylic acids is 1. The van der Waals surface area contributed by atoms with E-state index in [-0.39, 0.29) is 0 Å². The van der Waals surface area contributed by atoms with Crippen molar-refractivity contribution in [1.29, 1.82) is 0 Å². The van der Waals surface area contributed by atoms with Gasteiger partial charge in [-0.1, -0.05) is 48.0 Å². The Labute approximate surface area is 107 Å². The van der Waals surface area contributed by atoms with Crippen molar-refractivity contribution >= 4 is 16.7 Å². The first-order chi connectivity index (χ1) is 8.84. The van der Waals surface area contributed by atoms with Crippen molar-refractivity contribution in [1.82, 2.24) is 0 Å². The third-order valence-electron chi connectivity index (χ3n) is 2.25. The summed E-state index contributed by atoms with van der Waals surface area (Å²) in [5, 5.41) is 11.3. The Balaban J connectivity index is 0.000000224. The Morgan fingerprint density at radius 3 is 2.11 bits per heavy atom. The molecule has 0 unspecified atom stereocenters. The average Bonchev–Trinajstić information content (AvgIpc) is 2.37. The molecule has 0 fully saturated rings. The van der Waals surface area contributed by atoms with Crippen LogP contribution < -0.4 is 5.11 Å². The minimum absolute atomic E-state index is 0.366. The van der Waals surface area contributed by atoms with Crippen molar-refractivity contribution in [2.45, 2.75) is 12.7 Å². The van der Waals surface area contributed by atoms with Gasteiger partial charge in [0.25, 0.3) is 0 Å². The van der Waals surface area contributed by atoms with E-state index in [1.807, 2.05) is 18.2 Å². The molecule has 0 aliphatic heterocycles. The van der Waals surface area contributed by atoms with E-state index in [9.17, 15) is 13.2 Å². The number of alkyl halides is 3. The van der Waals surface area contributed by atoms with E-state index < -0.39 is 12.1 Å². The molecule has 0 atom stereocenters. The van der Waals surface area contributed by atoms with Gasteiger partial charge < -0.3 is 15.6 Å². The smallest absolute Gasteiger partial charge is 0.430 e. The van der Waals surface area contributed by atoms with Crippen molar-refractivity contribution < 1.29 is 23.1 Å². The molecule has 0 radical (unpaired) electrons. The lowest BCUT2D eigenvalue weighted by molar-refractivity contribution is -0.344. The highest BCUT2D eigenvalue weighted by Crippen LogP contribution is 2.15. The Bertz CT molecular complexity index is 567. The highest BCUT2D eigenvalue weighted by Gasteiger charge is 2.28. The molecule has 0 aliphatic rings. The summed E-state index contributed by atoms with van der Waals surface area (Å²) < 4.78 is 31.5. The van der Waals surface area contributed by atoms with E-state index in [1.54, 1.807) is 0 Å². The number of carbonyl (C=O) groups excluding carboxylic acids is 1. The molecule has 0 saturated heterocycles. The van der Waals surface area contributed by atoms with Crippen LogP contribution in [0.2, 0.25) is 0 Å². The second kappa shape index (κ2) is 6.19. The maximum atomic E-state index is 10.5. The molecule has 2 aromatic carbocycles. The third kappa shape index (κ3) is 4.59. The van der Waals surface area contributed by atoms with Crippen LogP contribution >= 0.6 is 0 Å². The Kier molecular flexibility index (Phi) is 4.88. The van der Waals surface area contributed by atoms with Crippen LogP contribution in [0.1, 0.15) is 5.56 Å². The van der Waals surface area contributed by atoms with Crippen molar-refractivity contribution in [3.8, 4) is 0 Å². The summed E-state index contributed by atoms with van der Waals surface area (Å²) in [4.78, 5) is 8.78. The second-order valence-electron chi connectivity index (χ2n) is 3.64. The molecular weight excluding hydrogens is 259 g/mol.